The normalized spacial score (nSPS) is 16.8. The molecule has 149 valence electrons. The molecule has 27 heavy (non-hydrogen) atoms. The van der Waals surface area contributed by atoms with E-state index >= 15 is 0 Å². The average Bonchev–Trinajstić information content (AvgIpc) is 3.07. The first kappa shape index (κ1) is 24.5. The molecule has 1 amide bonds. The van der Waals surface area contributed by atoms with E-state index in [1.807, 2.05) is 25.1 Å². The number of amides is 1. The summed E-state index contributed by atoms with van der Waals surface area (Å²) >= 11 is 1.80. The minimum Gasteiger partial charge on any atom is -0.454 e. The Kier molecular flexibility index (Phi) is 10.9. The summed E-state index contributed by atoms with van der Waals surface area (Å²) in [6.07, 6.45) is -0.904. The summed E-state index contributed by atoms with van der Waals surface area (Å²) in [7, 11) is 1.63. The van der Waals surface area contributed by atoms with E-state index in [1.165, 1.54) is 11.8 Å². The van der Waals surface area contributed by atoms with E-state index in [2.05, 4.69) is 4.89 Å². The second kappa shape index (κ2) is 12.1. The molecule has 2 atom stereocenters. The van der Waals surface area contributed by atoms with Gasteiger partial charge in [-0.25, -0.2) is 10.1 Å². The van der Waals surface area contributed by atoms with Crippen molar-refractivity contribution < 1.29 is 67.0 Å². The zero-order chi connectivity index (χ0) is 19.1. The maximum absolute atomic E-state index is 11.8. The summed E-state index contributed by atoms with van der Waals surface area (Å²) in [5.74, 6) is 3.36. The molecule has 0 spiro atoms. The van der Waals surface area contributed by atoms with Gasteiger partial charge >= 0.3 is 6.09 Å². The third-order valence-corrected chi connectivity index (χ3v) is 5.19. The van der Waals surface area contributed by atoms with Gasteiger partial charge in [-0.1, -0.05) is 6.07 Å². The Labute approximate surface area is 188 Å². The molecule has 2 heterocycles. The van der Waals surface area contributed by atoms with E-state index in [4.69, 9.17) is 24.6 Å². The number of carbonyl (C=O) groups is 1. The molecule has 2 aliphatic rings. The molecule has 2 unspecified atom stereocenters. The molecule has 2 N–H and O–H groups in total. The van der Waals surface area contributed by atoms with Crippen LogP contribution in [0.4, 0.5) is 4.79 Å². The molecule has 1 saturated heterocycles. The number of hydrogen-bond donors (Lipinski definition) is 2. The fourth-order valence-corrected chi connectivity index (χ4v) is 2.64. The van der Waals surface area contributed by atoms with Gasteiger partial charge in [0.1, 0.15) is 0 Å². The van der Waals surface area contributed by atoms with Crippen molar-refractivity contribution in [1.29, 1.82) is 0 Å². The first-order valence-electron chi connectivity index (χ1n) is 8.28. The van der Waals surface area contributed by atoms with Gasteiger partial charge in [0.25, 0.3) is 0 Å². The van der Waals surface area contributed by atoms with E-state index < -0.39 is 12.4 Å². The fraction of sp³-hybridized carbons (Fsp3) is 0.588. The van der Waals surface area contributed by atoms with Crippen molar-refractivity contribution in [2.45, 2.75) is 38.7 Å². The van der Waals surface area contributed by atoms with Crippen LogP contribution in [0.2, 0.25) is 0 Å². The SMILES string of the molecule is CC(OO)OC(=O)N(C)C(C)Cc1ccc2c(c1)OCO2.OC1CSC1.[Y]. The zero-order valence-corrected chi connectivity index (χ0v) is 19.3. The molecule has 1 aromatic carbocycles. The molecule has 1 aromatic rings. The predicted molar refractivity (Wildman–Crippen MR) is 96.5 cm³/mol. The number of carbonyl (C=O) groups excluding carboxylic acids is 1. The Morgan fingerprint density at radius 3 is 2.52 bits per heavy atom. The molecular formula is C17H25NO7SY. The van der Waals surface area contributed by atoms with E-state index in [9.17, 15) is 4.79 Å². The van der Waals surface area contributed by atoms with E-state index in [0.717, 1.165) is 22.8 Å². The van der Waals surface area contributed by atoms with Crippen LogP contribution in [0.15, 0.2) is 18.2 Å². The number of fused-ring (bicyclic) bond motifs is 1. The summed E-state index contributed by atoms with van der Waals surface area (Å²) in [4.78, 5) is 17.2. The van der Waals surface area contributed by atoms with E-state index in [1.54, 1.807) is 18.8 Å². The van der Waals surface area contributed by atoms with Gasteiger partial charge in [-0.2, -0.15) is 16.6 Å². The van der Waals surface area contributed by atoms with Gasteiger partial charge in [0.05, 0.1) is 6.10 Å². The third kappa shape index (κ3) is 7.75. The quantitative estimate of drug-likeness (QED) is 0.380. The third-order valence-electron chi connectivity index (χ3n) is 3.95. The van der Waals surface area contributed by atoms with Gasteiger partial charge in [-0.3, -0.25) is 0 Å². The number of hydrogen-bond acceptors (Lipinski definition) is 8. The molecule has 1 fully saturated rings. The second-order valence-corrected chi connectivity index (χ2v) is 7.17. The number of thioether (sulfide) groups is 1. The number of aliphatic hydroxyl groups excluding tert-OH is 1. The summed E-state index contributed by atoms with van der Waals surface area (Å²) < 4.78 is 15.4. The fourth-order valence-electron chi connectivity index (χ4n) is 2.20. The first-order chi connectivity index (χ1) is 12.4. The Morgan fingerprint density at radius 2 is 1.96 bits per heavy atom. The van der Waals surface area contributed by atoms with Crippen molar-refractivity contribution >= 4 is 17.9 Å². The molecule has 0 aromatic heterocycles. The average molecular weight is 476 g/mol. The van der Waals surface area contributed by atoms with Gasteiger partial charge in [-0.05, 0) is 31.0 Å². The number of aliphatic hydroxyl groups is 1. The minimum atomic E-state index is -1.00. The summed E-state index contributed by atoms with van der Waals surface area (Å²) in [6.45, 7) is 3.56. The molecular weight excluding hydrogens is 451 g/mol. The summed E-state index contributed by atoms with van der Waals surface area (Å²) in [5, 5.41) is 16.8. The maximum Gasteiger partial charge on any atom is 0.412 e. The van der Waals surface area contributed by atoms with Crippen LogP contribution < -0.4 is 9.47 Å². The predicted octanol–water partition coefficient (Wildman–Crippen LogP) is 2.34. The zero-order valence-electron chi connectivity index (χ0n) is 15.7. The van der Waals surface area contributed by atoms with Crippen LogP contribution in [-0.4, -0.2) is 65.1 Å². The van der Waals surface area contributed by atoms with Crippen LogP contribution >= 0.6 is 11.8 Å². The number of nitrogens with zero attached hydrogens (tertiary/aromatic N) is 1. The number of ether oxygens (including phenoxy) is 3. The number of benzene rings is 1. The van der Waals surface area contributed by atoms with Crippen molar-refractivity contribution in [1.82, 2.24) is 4.90 Å². The van der Waals surface area contributed by atoms with Gasteiger partial charge < -0.3 is 24.2 Å². The Hall–Kier alpha value is -0.576. The molecule has 1 radical (unpaired) electrons. The summed E-state index contributed by atoms with van der Waals surface area (Å²) in [5.41, 5.74) is 1.03. The smallest absolute Gasteiger partial charge is 0.412 e. The molecule has 0 bridgehead atoms. The molecule has 8 nitrogen and oxygen atoms in total. The van der Waals surface area contributed by atoms with Gasteiger partial charge in [0.15, 0.2) is 11.5 Å². The standard InChI is InChI=1S/C14H19NO6.C3H6OS.Y/c1-9(15(3)14(16)20-10(2)21-17)6-11-4-5-12-13(7-11)19-8-18-12;4-3-1-5-2-3;/h4-5,7,9-10,17H,6,8H2,1-3H3;3-4H,1-2H2;. The monoisotopic (exact) mass is 476 g/mol. The van der Waals surface area contributed by atoms with Crippen LogP contribution in [0.1, 0.15) is 19.4 Å². The van der Waals surface area contributed by atoms with Gasteiger partial charge in [0, 0.05) is 64.2 Å². The van der Waals surface area contributed by atoms with Crippen LogP contribution in [0.5, 0.6) is 11.5 Å². The largest absolute Gasteiger partial charge is 0.454 e. The molecule has 3 rings (SSSR count). The van der Waals surface area contributed by atoms with Crippen LogP contribution in [0, 0.1) is 0 Å². The topological polar surface area (TPSA) is 97.7 Å². The first-order valence-corrected chi connectivity index (χ1v) is 9.44. The van der Waals surface area contributed by atoms with Crippen molar-refractivity contribution in [2.75, 3.05) is 25.3 Å². The second-order valence-electron chi connectivity index (χ2n) is 6.10. The van der Waals surface area contributed by atoms with Crippen LogP contribution in [0.25, 0.3) is 0 Å². The van der Waals surface area contributed by atoms with Crippen molar-refractivity contribution in [3.8, 4) is 11.5 Å². The molecule has 0 aliphatic carbocycles. The maximum atomic E-state index is 11.8. The Morgan fingerprint density at radius 1 is 1.33 bits per heavy atom. The minimum absolute atomic E-state index is 0. The Bertz CT molecular complexity index is 603. The van der Waals surface area contributed by atoms with Crippen molar-refractivity contribution in [3.05, 3.63) is 23.8 Å². The Balaban J connectivity index is 0.000000526. The van der Waals surface area contributed by atoms with Crippen molar-refractivity contribution in [3.63, 3.8) is 0 Å². The number of rotatable bonds is 5. The summed E-state index contributed by atoms with van der Waals surface area (Å²) in [6, 6.07) is 5.59. The van der Waals surface area contributed by atoms with Gasteiger partial charge in [0.2, 0.25) is 13.1 Å². The van der Waals surface area contributed by atoms with Crippen LogP contribution in [0.3, 0.4) is 0 Å². The van der Waals surface area contributed by atoms with Crippen molar-refractivity contribution in [2.24, 2.45) is 0 Å². The van der Waals surface area contributed by atoms with E-state index in [0.29, 0.717) is 12.2 Å². The number of likely N-dealkylation sites (N-methyl/N-ethyl adjacent to an activating group) is 1. The van der Waals surface area contributed by atoms with Gasteiger partial charge in [-0.15, -0.1) is 0 Å². The molecule has 2 aliphatic heterocycles. The van der Waals surface area contributed by atoms with E-state index in [-0.39, 0.29) is 51.6 Å². The van der Waals surface area contributed by atoms with Crippen LogP contribution in [-0.2, 0) is 48.8 Å². The molecule has 10 heteroatoms. The molecule has 0 saturated carbocycles.